The third-order valence-electron chi connectivity index (χ3n) is 7.40. The van der Waals surface area contributed by atoms with E-state index in [0.717, 1.165) is 35.3 Å². The van der Waals surface area contributed by atoms with Gasteiger partial charge in [-0.3, -0.25) is 9.78 Å². The molecule has 0 aliphatic carbocycles. The van der Waals surface area contributed by atoms with E-state index in [1.165, 1.54) is 17.2 Å². The third kappa shape index (κ3) is 5.91. The molecule has 0 unspecified atom stereocenters. The summed E-state index contributed by atoms with van der Waals surface area (Å²) in [6.45, 7) is 0. The number of pyridine rings is 2. The molecule has 2 N–H and O–H groups in total. The Kier molecular flexibility index (Phi) is 7.66. The van der Waals surface area contributed by atoms with Crippen molar-refractivity contribution in [2.24, 2.45) is 0 Å². The molecule has 0 saturated carbocycles. The summed E-state index contributed by atoms with van der Waals surface area (Å²) in [6, 6.07) is 29.9. The zero-order valence-electron chi connectivity index (χ0n) is 24.2. The molecule has 0 radical (unpaired) electrons. The van der Waals surface area contributed by atoms with Crippen molar-refractivity contribution in [3.05, 3.63) is 156 Å². The van der Waals surface area contributed by atoms with Crippen LogP contribution >= 0.6 is 0 Å². The van der Waals surface area contributed by atoms with Gasteiger partial charge in [-0.15, -0.1) is 0 Å². The summed E-state index contributed by atoms with van der Waals surface area (Å²) in [7, 11) is 0. The molecule has 0 spiro atoms. The Morgan fingerprint density at radius 3 is 2.33 bits per heavy atom. The van der Waals surface area contributed by atoms with Gasteiger partial charge in [0, 0.05) is 41.7 Å². The summed E-state index contributed by atoms with van der Waals surface area (Å²) in [5.74, 6) is -2.36. The van der Waals surface area contributed by atoms with Crippen LogP contribution in [0.3, 0.4) is 0 Å². The number of amides is 1. The molecule has 0 fully saturated rings. The number of carbonyl (C=O) groups is 1. The Labute approximate surface area is 262 Å². The molecule has 4 heterocycles. The first kappa shape index (κ1) is 28.5. The minimum Gasteiger partial charge on any atom is -0.324 e. The smallest absolute Gasteiger partial charge is 0.261 e. The number of hydrogen-bond donors (Lipinski definition) is 2. The standard InChI is InChI=1S/C36H25F2N7O/c37-28-7-4-8-29(38)32(28)35(46)41-27-6-3-5-25(22-27)34-33(31-9-1-2-20-45(31)44-34)30-16-19-40-36(43-30)42-26-12-10-23(11-13-26)21-24-14-17-39-18-15-24/h1-20,22H,21H2,(H,41,46)(H,40,42,43). The van der Waals surface area contributed by atoms with E-state index in [9.17, 15) is 13.6 Å². The lowest BCUT2D eigenvalue weighted by molar-refractivity contribution is 0.101. The molecule has 46 heavy (non-hydrogen) atoms. The molecule has 224 valence electrons. The molecule has 0 aliphatic heterocycles. The van der Waals surface area contributed by atoms with E-state index in [4.69, 9.17) is 10.1 Å². The number of benzene rings is 3. The Hall–Kier alpha value is -6.29. The largest absolute Gasteiger partial charge is 0.324 e. The van der Waals surface area contributed by atoms with E-state index in [-0.39, 0.29) is 0 Å². The quantitative estimate of drug-likeness (QED) is 0.183. The fourth-order valence-electron chi connectivity index (χ4n) is 5.24. The van der Waals surface area contributed by atoms with Crippen LogP contribution in [0.25, 0.3) is 28.0 Å². The summed E-state index contributed by atoms with van der Waals surface area (Å²) in [6.07, 6.45) is 7.89. The number of carbonyl (C=O) groups excluding carboxylic acids is 1. The van der Waals surface area contributed by atoms with E-state index in [0.29, 0.717) is 28.6 Å². The molecule has 0 aliphatic rings. The first-order valence-corrected chi connectivity index (χ1v) is 14.4. The minimum atomic E-state index is -0.939. The van der Waals surface area contributed by atoms with Crippen molar-refractivity contribution in [3.8, 4) is 22.5 Å². The van der Waals surface area contributed by atoms with E-state index in [2.05, 4.69) is 32.7 Å². The molecular formula is C36H25F2N7O. The summed E-state index contributed by atoms with van der Waals surface area (Å²) in [5.41, 5.74) is 6.36. The van der Waals surface area contributed by atoms with Crippen LogP contribution in [0.4, 0.5) is 26.1 Å². The number of rotatable bonds is 8. The number of aromatic nitrogens is 5. The van der Waals surface area contributed by atoms with Crippen molar-refractivity contribution in [3.63, 3.8) is 0 Å². The number of nitrogens with one attached hydrogen (secondary N) is 2. The summed E-state index contributed by atoms with van der Waals surface area (Å²) in [5, 5.41) is 10.7. The molecule has 8 nitrogen and oxygen atoms in total. The Morgan fingerprint density at radius 1 is 0.761 bits per heavy atom. The average molecular weight is 610 g/mol. The molecule has 3 aromatic carbocycles. The molecule has 0 bridgehead atoms. The van der Waals surface area contributed by atoms with Crippen LogP contribution in [-0.4, -0.2) is 30.5 Å². The average Bonchev–Trinajstić information content (AvgIpc) is 3.46. The van der Waals surface area contributed by atoms with Crippen LogP contribution < -0.4 is 10.6 Å². The van der Waals surface area contributed by atoms with Crippen LogP contribution in [0.1, 0.15) is 21.5 Å². The van der Waals surface area contributed by atoms with E-state index in [1.54, 1.807) is 41.3 Å². The Morgan fingerprint density at radius 2 is 1.52 bits per heavy atom. The Bertz CT molecular complexity index is 2160. The molecule has 1 amide bonds. The number of halogens is 2. The van der Waals surface area contributed by atoms with Crippen LogP contribution in [0.5, 0.6) is 0 Å². The fraction of sp³-hybridized carbons (Fsp3) is 0.0278. The molecule has 0 atom stereocenters. The normalized spacial score (nSPS) is 11.0. The van der Waals surface area contributed by atoms with Crippen LogP contribution in [0.15, 0.2) is 128 Å². The maximum Gasteiger partial charge on any atom is 0.261 e. The van der Waals surface area contributed by atoms with Gasteiger partial charge in [-0.25, -0.2) is 23.3 Å². The second kappa shape index (κ2) is 12.4. The van der Waals surface area contributed by atoms with Gasteiger partial charge in [0.05, 0.1) is 16.8 Å². The first-order chi connectivity index (χ1) is 22.5. The maximum absolute atomic E-state index is 14.2. The van der Waals surface area contributed by atoms with Crippen molar-refractivity contribution in [1.29, 1.82) is 0 Å². The predicted octanol–water partition coefficient (Wildman–Crippen LogP) is 7.72. The van der Waals surface area contributed by atoms with Crippen LogP contribution in [0, 0.1) is 11.6 Å². The van der Waals surface area contributed by atoms with Crippen molar-refractivity contribution in [1.82, 2.24) is 24.6 Å². The molecule has 7 aromatic rings. The monoisotopic (exact) mass is 609 g/mol. The number of hydrogen-bond acceptors (Lipinski definition) is 6. The van der Waals surface area contributed by atoms with Gasteiger partial charge < -0.3 is 10.6 Å². The highest BCUT2D eigenvalue weighted by molar-refractivity contribution is 6.05. The SMILES string of the molecule is O=C(Nc1cccc(-c2nn3ccccc3c2-c2ccnc(Nc3ccc(Cc4ccncc4)cc3)n2)c1)c1c(F)cccc1F. The molecule has 7 rings (SSSR count). The minimum absolute atomic E-state index is 0.352. The summed E-state index contributed by atoms with van der Waals surface area (Å²) >= 11 is 0. The van der Waals surface area contributed by atoms with Gasteiger partial charge in [0.1, 0.15) is 22.9 Å². The van der Waals surface area contributed by atoms with E-state index in [1.807, 2.05) is 60.8 Å². The fourth-order valence-corrected chi connectivity index (χ4v) is 5.24. The second-order valence-electron chi connectivity index (χ2n) is 10.5. The second-order valence-corrected chi connectivity index (χ2v) is 10.5. The first-order valence-electron chi connectivity index (χ1n) is 14.4. The number of anilines is 3. The molecule has 10 heteroatoms. The van der Waals surface area contributed by atoms with Gasteiger partial charge in [-0.2, -0.15) is 5.10 Å². The summed E-state index contributed by atoms with van der Waals surface area (Å²) in [4.78, 5) is 26.1. The summed E-state index contributed by atoms with van der Waals surface area (Å²) < 4.78 is 30.2. The van der Waals surface area contributed by atoms with Gasteiger partial charge in [-0.1, -0.05) is 36.4 Å². The van der Waals surface area contributed by atoms with Gasteiger partial charge in [0.15, 0.2) is 0 Å². The van der Waals surface area contributed by atoms with Gasteiger partial charge in [0.2, 0.25) is 5.95 Å². The van der Waals surface area contributed by atoms with Crippen molar-refractivity contribution < 1.29 is 13.6 Å². The predicted molar refractivity (Wildman–Crippen MR) is 173 cm³/mol. The maximum atomic E-state index is 14.2. The zero-order chi connectivity index (χ0) is 31.5. The Balaban J connectivity index is 1.19. The van der Waals surface area contributed by atoms with Gasteiger partial charge in [-0.05, 0) is 84.3 Å². The van der Waals surface area contributed by atoms with Crippen molar-refractivity contribution in [2.75, 3.05) is 10.6 Å². The zero-order valence-corrected chi connectivity index (χ0v) is 24.2. The lowest BCUT2D eigenvalue weighted by Crippen LogP contribution is -2.15. The number of nitrogens with zero attached hydrogens (tertiary/aromatic N) is 5. The third-order valence-corrected chi connectivity index (χ3v) is 7.40. The molecular weight excluding hydrogens is 584 g/mol. The van der Waals surface area contributed by atoms with Crippen LogP contribution in [-0.2, 0) is 6.42 Å². The highest BCUT2D eigenvalue weighted by atomic mass is 19.1. The lowest BCUT2D eigenvalue weighted by Gasteiger charge is -2.10. The topological polar surface area (TPSA) is 97.1 Å². The number of fused-ring (bicyclic) bond motifs is 1. The highest BCUT2D eigenvalue weighted by Gasteiger charge is 2.20. The molecule has 0 saturated heterocycles. The van der Waals surface area contributed by atoms with E-state index >= 15 is 0 Å². The van der Waals surface area contributed by atoms with Crippen LogP contribution in [0.2, 0.25) is 0 Å². The van der Waals surface area contributed by atoms with Crippen molar-refractivity contribution in [2.45, 2.75) is 6.42 Å². The van der Waals surface area contributed by atoms with Gasteiger partial charge >= 0.3 is 0 Å². The highest BCUT2D eigenvalue weighted by Crippen LogP contribution is 2.35. The van der Waals surface area contributed by atoms with Gasteiger partial charge in [0.25, 0.3) is 5.91 Å². The van der Waals surface area contributed by atoms with Crippen molar-refractivity contribution >= 4 is 28.7 Å². The van der Waals surface area contributed by atoms with E-state index < -0.39 is 23.1 Å². The lowest BCUT2D eigenvalue weighted by atomic mass is 10.0. The molecule has 4 aromatic heterocycles.